The molecule has 2 heterocycles. The number of halogens is 1. The highest BCUT2D eigenvalue weighted by Crippen LogP contribution is 2.46. The molecule has 3 aliphatic rings. The van der Waals surface area contributed by atoms with Gasteiger partial charge in [0.05, 0.1) is 5.92 Å². The second kappa shape index (κ2) is 9.22. The largest absolute Gasteiger partial charge is 0.462 e. The Labute approximate surface area is 198 Å². The Morgan fingerprint density at radius 1 is 1.06 bits per heavy atom. The summed E-state index contributed by atoms with van der Waals surface area (Å²) in [7, 11) is 0. The lowest BCUT2D eigenvalue weighted by atomic mass is 9.70. The zero-order chi connectivity index (χ0) is 22.9. The molecule has 1 unspecified atom stereocenters. The molecule has 0 bridgehead atoms. The Hall–Kier alpha value is -2.79. The van der Waals surface area contributed by atoms with E-state index in [0.29, 0.717) is 34.8 Å². The number of hydrogen-bond donors (Lipinski definition) is 0. The third-order valence-electron chi connectivity index (χ3n) is 7.08. The Balaban J connectivity index is 1.52. The van der Waals surface area contributed by atoms with E-state index in [4.69, 9.17) is 21.3 Å². The molecule has 1 saturated carbocycles. The fraction of sp³-hybridized carbons (Fsp3) is 0.407. The van der Waals surface area contributed by atoms with Gasteiger partial charge in [0.15, 0.2) is 5.78 Å². The quantitative estimate of drug-likeness (QED) is 0.539. The van der Waals surface area contributed by atoms with E-state index in [9.17, 15) is 9.59 Å². The summed E-state index contributed by atoms with van der Waals surface area (Å²) in [6.07, 6.45) is 6.66. The molecule has 0 saturated heterocycles. The first-order valence-corrected chi connectivity index (χ1v) is 12.1. The third-order valence-corrected chi connectivity index (χ3v) is 7.33. The highest BCUT2D eigenvalue weighted by molar-refractivity contribution is 6.30. The number of benzene rings is 1. The number of ketones is 1. The van der Waals surface area contributed by atoms with Crippen LogP contribution in [0.15, 0.2) is 64.9 Å². The first kappa shape index (κ1) is 22.0. The zero-order valence-corrected chi connectivity index (χ0v) is 19.4. The van der Waals surface area contributed by atoms with Crippen molar-refractivity contribution >= 4 is 29.1 Å². The minimum absolute atomic E-state index is 0.0294. The molecule has 0 radical (unpaired) electrons. The van der Waals surface area contributed by atoms with Crippen LogP contribution >= 0.6 is 11.6 Å². The fourth-order valence-electron chi connectivity index (χ4n) is 5.46. The minimum atomic E-state index is -0.629. The minimum Gasteiger partial charge on any atom is -0.462 e. The lowest BCUT2D eigenvalue weighted by Crippen LogP contribution is -2.39. The first-order chi connectivity index (χ1) is 16.0. The standard InChI is InChI=1S/C27H27ClN2O3/c1-16-24(27(32)33-20-6-2-3-7-20)26(21-8-4-5-13-29-21)25-22(30-16)14-18(15-23(25)31)17-9-11-19(28)12-10-17/h4-5,8-13,18,20,24,26H,2-3,6-7,14-15H2,1H3/t18-,24?,26+/m1/s1. The van der Waals surface area contributed by atoms with Crippen molar-refractivity contribution in [2.75, 3.05) is 0 Å². The van der Waals surface area contributed by atoms with Crippen molar-refractivity contribution in [3.63, 3.8) is 0 Å². The number of Topliss-reactive ketones (excluding diaryl/α,β-unsaturated/α-hetero) is 1. The predicted octanol–water partition coefficient (Wildman–Crippen LogP) is 5.80. The van der Waals surface area contributed by atoms with Crippen molar-refractivity contribution in [3.8, 4) is 0 Å². The first-order valence-electron chi connectivity index (χ1n) is 11.7. The number of hydrogen-bond acceptors (Lipinski definition) is 5. The summed E-state index contributed by atoms with van der Waals surface area (Å²) < 4.78 is 5.90. The lowest BCUT2D eigenvalue weighted by molar-refractivity contribution is -0.151. The van der Waals surface area contributed by atoms with Gasteiger partial charge in [0.2, 0.25) is 0 Å². The molecule has 2 aromatic rings. The maximum atomic E-state index is 13.5. The summed E-state index contributed by atoms with van der Waals surface area (Å²) in [5.41, 5.74) is 3.87. The molecule has 1 aromatic heterocycles. The summed E-state index contributed by atoms with van der Waals surface area (Å²) in [6.45, 7) is 1.87. The molecule has 0 spiro atoms. The van der Waals surface area contributed by atoms with Crippen molar-refractivity contribution in [3.05, 3.63) is 76.2 Å². The number of pyridine rings is 1. The summed E-state index contributed by atoms with van der Waals surface area (Å²) in [6, 6.07) is 13.3. The Kier molecular flexibility index (Phi) is 6.15. The van der Waals surface area contributed by atoms with E-state index >= 15 is 0 Å². The van der Waals surface area contributed by atoms with E-state index < -0.39 is 11.8 Å². The van der Waals surface area contributed by atoms with Crippen molar-refractivity contribution in [1.29, 1.82) is 0 Å². The van der Waals surface area contributed by atoms with Gasteiger partial charge >= 0.3 is 5.97 Å². The monoisotopic (exact) mass is 462 g/mol. The van der Waals surface area contributed by atoms with Crippen molar-refractivity contribution in [1.82, 2.24) is 4.98 Å². The van der Waals surface area contributed by atoms with Gasteiger partial charge in [-0.2, -0.15) is 0 Å². The molecule has 1 fully saturated rings. The van der Waals surface area contributed by atoms with Gasteiger partial charge in [-0.25, -0.2) is 0 Å². The van der Waals surface area contributed by atoms with E-state index in [1.54, 1.807) is 6.20 Å². The van der Waals surface area contributed by atoms with Crippen molar-refractivity contribution in [2.24, 2.45) is 10.9 Å². The third kappa shape index (κ3) is 4.39. The van der Waals surface area contributed by atoms with E-state index in [0.717, 1.165) is 36.9 Å². The summed E-state index contributed by atoms with van der Waals surface area (Å²) in [5.74, 6) is -1.32. The van der Waals surface area contributed by atoms with Crippen LogP contribution in [0.2, 0.25) is 5.02 Å². The lowest BCUT2D eigenvalue weighted by Gasteiger charge is -2.36. The van der Waals surface area contributed by atoms with Gasteiger partial charge in [0, 0.05) is 40.3 Å². The van der Waals surface area contributed by atoms with Gasteiger partial charge in [0.1, 0.15) is 12.0 Å². The molecule has 1 aliphatic heterocycles. The van der Waals surface area contributed by atoms with E-state index in [1.807, 2.05) is 49.4 Å². The number of aromatic nitrogens is 1. The topological polar surface area (TPSA) is 68.6 Å². The summed E-state index contributed by atoms with van der Waals surface area (Å²) in [4.78, 5) is 36.3. The van der Waals surface area contributed by atoms with Gasteiger partial charge < -0.3 is 4.74 Å². The number of esters is 1. The Morgan fingerprint density at radius 3 is 2.52 bits per heavy atom. The molecule has 33 heavy (non-hydrogen) atoms. The highest BCUT2D eigenvalue weighted by Gasteiger charge is 2.45. The van der Waals surface area contributed by atoms with Crippen molar-refractivity contribution < 1.29 is 14.3 Å². The SMILES string of the molecule is CC1=NC2=C(C(=O)C[C@H](c3ccc(Cl)cc3)C2)[C@@H](c2ccccn2)C1C(=O)OC1CCCC1. The van der Waals surface area contributed by atoms with Crippen LogP contribution in [-0.2, 0) is 14.3 Å². The van der Waals surface area contributed by atoms with Crippen molar-refractivity contribution in [2.45, 2.75) is 63.4 Å². The zero-order valence-electron chi connectivity index (χ0n) is 18.7. The van der Waals surface area contributed by atoms with Crippen LogP contribution < -0.4 is 0 Å². The smallest absolute Gasteiger partial charge is 0.315 e. The molecule has 5 rings (SSSR count). The molecule has 2 aliphatic carbocycles. The maximum absolute atomic E-state index is 13.5. The number of nitrogens with zero attached hydrogens (tertiary/aromatic N) is 2. The van der Waals surface area contributed by atoms with Crippen LogP contribution in [0.4, 0.5) is 0 Å². The number of allylic oxidation sites excluding steroid dienone is 2. The van der Waals surface area contributed by atoms with E-state index in [1.165, 1.54) is 0 Å². The second-order valence-electron chi connectivity index (χ2n) is 9.25. The van der Waals surface area contributed by atoms with Gasteiger partial charge in [-0.1, -0.05) is 29.8 Å². The average molecular weight is 463 g/mol. The maximum Gasteiger partial charge on any atom is 0.315 e. The van der Waals surface area contributed by atoms with Crippen LogP contribution in [0.1, 0.15) is 68.5 Å². The highest BCUT2D eigenvalue weighted by atomic mass is 35.5. The van der Waals surface area contributed by atoms with Crippen LogP contribution in [-0.4, -0.2) is 28.6 Å². The fourth-order valence-corrected chi connectivity index (χ4v) is 5.58. The molecule has 5 nitrogen and oxygen atoms in total. The van der Waals surface area contributed by atoms with E-state index in [-0.39, 0.29) is 23.8 Å². The number of ether oxygens (including phenoxy) is 1. The molecule has 6 heteroatoms. The van der Waals surface area contributed by atoms with Crippen LogP contribution in [0.3, 0.4) is 0 Å². The average Bonchev–Trinajstić information content (AvgIpc) is 3.32. The van der Waals surface area contributed by atoms with E-state index in [2.05, 4.69) is 4.98 Å². The van der Waals surface area contributed by atoms with Gasteiger partial charge in [0.25, 0.3) is 0 Å². The number of carbonyl (C=O) groups excluding carboxylic acids is 2. The van der Waals surface area contributed by atoms with Crippen LogP contribution in [0.25, 0.3) is 0 Å². The summed E-state index contributed by atoms with van der Waals surface area (Å²) in [5, 5.41) is 0.672. The Bertz CT molecular complexity index is 1120. The molecule has 170 valence electrons. The van der Waals surface area contributed by atoms with Gasteiger partial charge in [-0.05, 0) is 74.8 Å². The molecular weight excluding hydrogens is 436 g/mol. The Morgan fingerprint density at radius 2 is 1.82 bits per heavy atom. The van der Waals surface area contributed by atoms with Gasteiger partial charge in [-0.15, -0.1) is 0 Å². The number of rotatable bonds is 4. The number of aliphatic imine (C=N–C) groups is 1. The molecule has 1 aromatic carbocycles. The second-order valence-corrected chi connectivity index (χ2v) is 9.68. The van der Waals surface area contributed by atoms with Crippen LogP contribution in [0, 0.1) is 5.92 Å². The molecular formula is C27H27ClN2O3. The molecule has 3 atom stereocenters. The van der Waals surface area contributed by atoms with Crippen LogP contribution in [0.5, 0.6) is 0 Å². The molecule has 0 N–H and O–H groups in total. The normalized spacial score (nSPS) is 25.6. The molecule has 0 amide bonds. The summed E-state index contributed by atoms with van der Waals surface area (Å²) >= 11 is 6.05. The number of carbonyl (C=O) groups is 2. The predicted molar refractivity (Wildman–Crippen MR) is 127 cm³/mol. The van der Waals surface area contributed by atoms with Gasteiger partial charge in [-0.3, -0.25) is 19.6 Å².